The number of carbonyl (C=O) groups excluding carboxylic acids is 2. The molecule has 2 rings (SSSR count). The van der Waals surface area contributed by atoms with Crippen LogP contribution >= 0.6 is 23.2 Å². The molecule has 1 N–H and O–H groups in total. The van der Waals surface area contributed by atoms with Crippen LogP contribution in [0.5, 0.6) is 5.88 Å². The summed E-state index contributed by atoms with van der Waals surface area (Å²) in [6.45, 7) is 0.809. The fourth-order valence-corrected chi connectivity index (χ4v) is 1.85. The summed E-state index contributed by atoms with van der Waals surface area (Å²) in [6, 6.07) is 6.13. The first-order valence-electron chi connectivity index (χ1n) is 6.40. The summed E-state index contributed by atoms with van der Waals surface area (Å²) in [5.41, 5.74) is 0.328. The van der Waals surface area contributed by atoms with Gasteiger partial charge in [0, 0.05) is 11.1 Å². The lowest BCUT2D eigenvalue weighted by Crippen LogP contribution is -2.23. The highest BCUT2D eigenvalue weighted by Gasteiger charge is 2.11. The first kappa shape index (κ1) is 17.1. The van der Waals surface area contributed by atoms with E-state index >= 15 is 0 Å². The van der Waals surface area contributed by atoms with Gasteiger partial charge in [-0.15, -0.1) is 0 Å². The molecule has 1 amide bonds. The summed E-state index contributed by atoms with van der Waals surface area (Å²) in [6.07, 6.45) is 0. The molecule has 7 nitrogen and oxygen atoms in total. The highest BCUT2D eigenvalue weighted by atomic mass is 35.5. The zero-order valence-corrected chi connectivity index (χ0v) is 13.5. The number of anilines is 1. The Balaban J connectivity index is 1.75. The van der Waals surface area contributed by atoms with Crippen molar-refractivity contribution in [1.82, 2.24) is 5.16 Å². The standard InChI is InChI=1S/C14H12Cl2N2O5/c1-8-4-13(18-23-8)21-7-14(20)22-6-12(19)17-11-5-9(15)2-3-10(11)16/h2-5H,6-7H2,1H3,(H,17,19). The van der Waals surface area contributed by atoms with Crippen molar-refractivity contribution in [2.24, 2.45) is 0 Å². The number of hydrogen-bond acceptors (Lipinski definition) is 6. The molecule has 2 aromatic rings. The largest absolute Gasteiger partial charge is 0.463 e. The van der Waals surface area contributed by atoms with E-state index in [1.807, 2.05) is 0 Å². The maximum absolute atomic E-state index is 11.7. The second-order valence-electron chi connectivity index (χ2n) is 4.40. The van der Waals surface area contributed by atoms with Crippen molar-refractivity contribution >= 4 is 40.8 Å². The number of amides is 1. The predicted octanol–water partition coefficient (Wildman–Crippen LogP) is 2.85. The van der Waals surface area contributed by atoms with Gasteiger partial charge >= 0.3 is 5.97 Å². The Labute approximate surface area is 141 Å². The minimum Gasteiger partial charge on any atom is -0.463 e. The maximum Gasteiger partial charge on any atom is 0.344 e. The van der Waals surface area contributed by atoms with Crippen LogP contribution in [0, 0.1) is 6.92 Å². The number of halogens is 2. The highest BCUT2D eigenvalue weighted by Crippen LogP contribution is 2.25. The Morgan fingerprint density at radius 3 is 2.74 bits per heavy atom. The van der Waals surface area contributed by atoms with Gasteiger partial charge in [-0.25, -0.2) is 4.79 Å². The molecular formula is C14H12Cl2N2O5. The number of carbonyl (C=O) groups is 2. The summed E-state index contributed by atoms with van der Waals surface area (Å²) in [5.74, 6) is -0.571. The van der Waals surface area contributed by atoms with E-state index in [4.69, 9.17) is 37.2 Å². The molecule has 1 aromatic heterocycles. The lowest BCUT2D eigenvalue weighted by molar-refractivity contribution is -0.149. The molecule has 0 aliphatic heterocycles. The second kappa shape index (κ2) is 7.85. The number of benzene rings is 1. The fourth-order valence-electron chi connectivity index (χ4n) is 1.51. The van der Waals surface area contributed by atoms with Gasteiger partial charge in [0.1, 0.15) is 5.76 Å². The molecular weight excluding hydrogens is 347 g/mol. The summed E-state index contributed by atoms with van der Waals surface area (Å²) >= 11 is 11.7. The lowest BCUT2D eigenvalue weighted by atomic mass is 10.3. The van der Waals surface area contributed by atoms with Crippen molar-refractivity contribution in [3.63, 3.8) is 0 Å². The van der Waals surface area contributed by atoms with E-state index in [0.717, 1.165) is 0 Å². The SMILES string of the molecule is Cc1cc(OCC(=O)OCC(=O)Nc2cc(Cl)ccc2Cl)no1. The van der Waals surface area contributed by atoms with E-state index in [1.54, 1.807) is 19.1 Å². The Kier molecular flexibility index (Phi) is 5.84. The molecule has 23 heavy (non-hydrogen) atoms. The molecule has 1 heterocycles. The van der Waals surface area contributed by atoms with Gasteiger partial charge in [0.15, 0.2) is 13.2 Å². The lowest BCUT2D eigenvalue weighted by Gasteiger charge is -2.08. The Hall–Kier alpha value is -2.25. The number of hydrogen-bond donors (Lipinski definition) is 1. The Bertz CT molecular complexity index is 717. The van der Waals surface area contributed by atoms with E-state index in [0.29, 0.717) is 21.5 Å². The third-order valence-electron chi connectivity index (χ3n) is 2.51. The number of ether oxygens (including phenoxy) is 2. The van der Waals surface area contributed by atoms with Gasteiger partial charge in [-0.2, -0.15) is 0 Å². The molecule has 0 radical (unpaired) electrons. The van der Waals surface area contributed by atoms with Gasteiger partial charge in [-0.1, -0.05) is 23.2 Å². The van der Waals surface area contributed by atoms with Crippen molar-refractivity contribution in [3.8, 4) is 5.88 Å². The molecule has 9 heteroatoms. The van der Waals surface area contributed by atoms with Gasteiger partial charge in [0.05, 0.1) is 10.7 Å². The maximum atomic E-state index is 11.7. The molecule has 0 saturated carbocycles. The van der Waals surface area contributed by atoms with Crippen LogP contribution in [0.25, 0.3) is 0 Å². The third kappa shape index (κ3) is 5.46. The van der Waals surface area contributed by atoms with Gasteiger partial charge in [-0.3, -0.25) is 4.79 Å². The van der Waals surface area contributed by atoms with E-state index in [2.05, 4.69) is 10.5 Å². The monoisotopic (exact) mass is 358 g/mol. The Morgan fingerprint density at radius 1 is 1.26 bits per heavy atom. The average molecular weight is 359 g/mol. The highest BCUT2D eigenvalue weighted by molar-refractivity contribution is 6.35. The number of esters is 1. The van der Waals surface area contributed by atoms with Crippen LogP contribution in [-0.4, -0.2) is 30.2 Å². The molecule has 0 bridgehead atoms. The van der Waals surface area contributed by atoms with Crippen molar-refractivity contribution < 1.29 is 23.6 Å². The molecule has 122 valence electrons. The molecule has 1 aromatic carbocycles. The molecule has 0 unspecified atom stereocenters. The number of rotatable bonds is 6. The van der Waals surface area contributed by atoms with Gasteiger partial charge in [0.25, 0.3) is 11.8 Å². The smallest absolute Gasteiger partial charge is 0.344 e. The number of aryl methyl sites for hydroxylation is 1. The van der Waals surface area contributed by atoms with Crippen LogP contribution in [0.3, 0.4) is 0 Å². The molecule has 0 spiro atoms. The van der Waals surface area contributed by atoms with E-state index < -0.39 is 25.1 Å². The topological polar surface area (TPSA) is 90.7 Å². The second-order valence-corrected chi connectivity index (χ2v) is 5.24. The molecule has 0 aliphatic rings. The minimum absolute atomic E-state index is 0.162. The van der Waals surface area contributed by atoms with Crippen LogP contribution in [0.1, 0.15) is 5.76 Å². The van der Waals surface area contributed by atoms with Crippen LogP contribution in [0.15, 0.2) is 28.8 Å². The van der Waals surface area contributed by atoms with Gasteiger partial charge < -0.3 is 19.3 Å². The summed E-state index contributed by atoms with van der Waals surface area (Å²) in [7, 11) is 0. The normalized spacial score (nSPS) is 10.2. The Morgan fingerprint density at radius 2 is 2.04 bits per heavy atom. The summed E-state index contributed by atoms with van der Waals surface area (Å²) < 4.78 is 14.6. The van der Waals surface area contributed by atoms with E-state index in [9.17, 15) is 9.59 Å². The third-order valence-corrected chi connectivity index (χ3v) is 3.08. The number of aromatic nitrogens is 1. The van der Waals surface area contributed by atoms with Crippen LogP contribution in [0.2, 0.25) is 10.0 Å². The summed E-state index contributed by atoms with van der Waals surface area (Å²) in [4.78, 5) is 23.2. The van der Waals surface area contributed by atoms with Crippen molar-refractivity contribution in [1.29, 1.82) is 0 Å². The van der Waals surface area contributed by atoms with E-state index in [-0.39, 0.29) is 5.88 Å². The van der Waals surface area contributed by atoms with Gasteiger partial charge in [-0.05, 0) is 30.3 Å². The van der Waals surface area contributed by atoms with Crippen molar-refractivity contribution in [2.75, 3.05) is 18.5 Å². The first-order valence-corrected chi connectivity index (χ1v) is 7.16. The minimum atomic E-state index is -0.724. The van der Waals surface area contributed by atoms with Crippen LogP contribution < -0.4 is 10.1 Å². The fraction of sp³-hybridized carbons (Fsp3) is 0.214. The first-order chi connectivity index (χ1) is 10.9. The van der Waals surface area contributed by atoms with Crippen molar-refractivity contribution in [2.45, 2.75) is 6.92 Å². The van der Waals surface area contributed by atoms with Crippen LogP contribution in [-0.2, 0) is 14.3 Å². The number of nitrogens with one attached hydrogen (secondary N) is 1. The van der Waals surface area contributed by atoms with E-state index in [1.165, 1.54) is 12.1 Å². The van der Waals surface area contributed by atoms with Gasteiger partial charge in [0.2, 0.25) is 0 Å². The molecule has 0 aliphatic carbocycles. The zero-order valence-electron chi connectivity index (χ0n) is 12.0. The molecule has 0 saturated heterocycles. The molecule has 0 fully saturated rings. The summed E-state index contributed by atoms with van der Waals surface area (Å²) in [5, 5.41) is 6.76. The van der Waals surface area contributed by atoms with Crippen LogP contribution in [0.4, 0.5) is 5.69 Å². The predicted molar refractivity (Wildman–Crippen MR) is 82.8 cm³/mol. The van der Waals surface area contributed by atoms with Crippen molar-refractivity contribution in [3.05, 3.63) is 40.1 Å². The number of nitrogens with zero attached hydrogens (tertiary/aromatic N) is 1. The quantitative estimate of drug-likeness (QED) is 0.798. The molecule has 0 atom stereocenters. The zero-order chi connectivity index (χ0) is 16.8. The average Bonchev–Trinajstić information content (AvgIpc) is 2.92.